The molecule has 0 aromatic carbocycles. The van der Waals surface area contributed by atoms with Gasteiger partial charge in [0.2, 0.25) is 0 Å². The van der Waals surface area contributed by atoms with Crippen LogP contribution in [-0.4, -0.2) is 5.84 Å². The number of hydrogen-bond donors (Lipinski definition) is 2. The molecule has 64 valence electrons. The lowest BCUT2D eigenvalue weighted by Crippen LogP contribution is -2.13. The van der Waals surface area contributed by atoms with Crippen LogP contribution in [0.25, 0.3) is 0 Å². The zero-order valence-corrected chi connectivity index (χ0v) is 7.70. The van der Waals surface area contributed by atoms with Crippen molar-refractivity contribution in [1.29, 1.82) is 5.41 Å². The molecule has 0 bridgehead atoms. The smallest absolute Gasteiger partial charge is 0.118 e. The summed E-state index contributed by atoms with van der Waals surface area (Å²) in [6.45, 7) is 6.23. The molecule has 0 saturated carbocycles. The van der Waals surface area contributed by atoms with Crippen LogP contribution in [0, 0.1) is 5.41 Å². The van der Waals surface area contributed by atoms with Crippen LogP contribution in [0.15, 0.2) is 11.1 Å². The Morgan fingerprint density at radius 3 is 2.18 bits per heavy atom. The highest BCUT2D eigenvalue weighted by atomic mass is 14.7. The van der Waals surface area contributed by atoms with Crippen molar-refractivity contribution in [3.63, 3.8) is 0 Å². The SMILES string of the molecule is CCCC(C)=C(CC)C(=N)N. The Morgan fingerprint density at radius 1 is 1.36 bits per heavy atom. The Hall–Kier alpha value is -0.790. The summed E-state index contributed by atoms with van der Waals surface area (Å²) in [5.74, 6) is 0.235. The molecule has 0 heterocycles. The van der Waals surface area contributed by atoms with Crippen LogP contribution in [0.1, 0.15) is 40.0 Å². The Bertz CT molecular complexity index is 168. The van der Waals surface area contributed by atoms with E-state index in [2.05, 4.69) is 13.8 Å². The molecule has 0 rings (SSSR count). The molecule has 0 aromatic rings. The highest BCUT2D eigenvalue weighted by molar-refractivity contribution is 5.94. The van der Waals surface area contributed by atoms with E-state index >= 15 is 0 Å². The summed E-state index contributed by atoms with van der Waals surface area (Å²) in [5, 5.41) is 7.28. The van der Waals surface area contributed by atoms with Crippen molar-refractivity contribution in [2.75, 3.05) is 0 Å². The standard InChI is InChI=1S/C9H18N2/c1-4-6-7(3)8(5-2)9(10)11/h4-6H2,1-3H3,(H3,10,11). The van der Waals surface area contributed by atoms with Crippen molar-refractivity contribution in [2.45, 2.75) is 40.0 Å². The van der Waals surface area contributed by atoms with Crippen molar-refractivity contribution < 1.29 is 0 Å². The molecule has 2 heteroatoms. The van der Waals surface area contributed by atoms with E-state index in [1.54, 1.807) is 0 Å². The van der Waals surface area contributed by atoms with Gasteiger partial charge < -0.3 is 5.73 Å². The van der Waals surface area contributed by atoms with Crippen LogP contribution in [-0.2, 0) is 0 Å². The van der Waals surface area contributed by atoms with Crippen LogP contribution >= 0.6 is 0 Å². The minimum Gasteiger partial charge on any atom is -0.384 e. The van der Waals surface area contributed by atoms with Crippen molar-refractivity contribution >= 4 is 5.84 Å². The van der Waals surface area contributed by atoms with Gasteiger partial charge in [-0.1, -0.05) is 25.8 Å². The second-order valence-electron chi connectivity index (χ2n) is 2.78. The van der Waals surface area contributed by atoms with Crippen LogP contribution in [0.2, 0.25) is 0 Å². The summed E-state index contributed by atoms with van der Waals surface area (Å²) in [6, 6.07) is 0. The van der Waals surface area contributed by atoms with Gasteiger partial charge in [-0.25, -0.2) is 0 Å². The average Bonchev–Trinajstić information content (AvgIpc) is 1.88. The monoisotopic (exact) mass is 154 g/mol. The largest absolute Gasteiger partial charge is 0.384 e. The van der Waals surface area contributed by atoms with Gasteiger partial charge in [-0.05, 0) is 25.3 Å². The molecule has 0 amide bonds. The fourth-order valence-electron chi connectivity index (χ4n) is 1.25. The van der Waals surface area contributed by atoms with Crippen molar-refractivity contribution in [3.05, 3.63) is 11.1 Å². The predicted molar refractivity (Wildman–Crippen MR) is 49.8 cm³/mol. The number of hydrogen-bond acceptors (Lipinski definition) is 1. The van der Waals surface area contributed by atoms with Crippen molar-refractivity contribution in [1.82, 2.24) is 0 Å². The van der Waals surface area contributed by atoms with E-state index in [1.165, 1.54) is 5.57 Å². The van der Waals surface area contributed by atoms with Gasteiger partial charge in [0.1, 0.15) is 5.84 Å². The maximum Gasteiger partial charge on any atom is 0.118 e. The fourth-order valence-corrected chi connectivity index (χ4v) is 1.25. The Kier molecular flexibility index (Phi) is 4.59. The quantitative estimate of drug-likeness (QED) is 0.474. The van der Waals surface area contributed by atoms with Crippen molar-refractivity contribution in [3.8, 4) is 0 Å². The molecular formula is C9H18N2. The lowest BCUT2D eigenvalue weighted by Gasteiger charge is -2.06. The number of nitrogens with one attached hydrogen (secondary N) is 1. The van der Waals surface area contributed by atoms with E-state index in [-0.39, 0.29) is 5.84 Å². The maximum atomic E-state index is 7.28. The van der Waals surface area contributed by atoms with Gasteiger partial charge in [-0.3, -0.25) is 5.41 Å². The van der Waals surface area contributed by atoms with Crippen LogP contribution < -0.4 is 5.73 Å². The van der Waals surface area contributed by atoms with Crippen LogP contribution in [0.4, 0.5) is 0 Å². The third-order valence-electron chi connectivity index (χ3n) is 1.82. The average molecular weight is 154 g/mol. The van der Waals surface area contributed by atoms with Gasteiger partial charge >= 0.3 is 0 Å². The molecule has 0 radical (unpaired) electrons. The molecule has 0 aromatic heterocycles. The third kappa shape index (κ3) is 3.21. The number of allylic oxidation sites excluding steroid dienone is 1. The van der Waals surface area contributed by atoms with Crippen LogP contribution in [0.3, 0.4) is 0 Å². The minimum atomic E-state index is 0.235. The zero-order chi connectivity index (χ0) is 8.85. The van der Waals surface area contributed by atoms with E-state index in [4.69, 9.17) is 11.1 Å². The van der Waals surface area contributed by atoms with E-state index in [0.29, 0.717) is 0 Å². The molecule has 0 spiro atoms. The molecular weight excluding hydrogens is 136 g/mol. The lowest BCUT2D eigenvalue weighted by molar-refractivity contribution is 0.886. The molecule has 0 fully saturated rings. The summed E-state index contributed by atoms with van der Waals surface area (Å²) in [6.07, 6.45) is 3.06. The van der Waals surface area contributed by atoms with E-state index < -0.39 is 0 Å². The fraction of sp³-hybridized carbons (Fsp3) is 0.667. The summed E-state index contributed by atoms with van der Waals surface area (Å²) >= 11 is 0. The van der Waals surface area contributed by atoms with Crippen molar-refractivity contribution in [2.24, 2.45) is 5.73 Å². The van der Waals surface area contributed by atoms with Gasteiger partial charge in [0.15, 0.2) is 0 Å². The second kappa shape index (κ2) is 4.94. The Morgan fingerprint density at radius 2 is 1.91 bits per heavy atom. The number of rotatable bonds is 4. The summed E-state index contributed by atoms with van der Waals surface area (Å²) < 4.78 is 0. The van der Waals surface area contributed by atoms with Crippen LogP contribution in [0.5, 0.6) is 0 Å². The first-order valence-electron chi connectivity index (χ1n) is 4.16. The maximum absolute atomic E-state index is 7.28. The molecule has 0 saturated heterocycles. The predicted octanol–water partition coefficient (Wildman–Crippen LogP) is 2.45. The molecule has 0 atom stereocenters. The Labute approximate surface area is 69.0 Å². The van der Waals surface area contributed by atoms with Gasteiger partial charge in [0, 0.05) is 0 Å². The normalized spacial score (nSPS) is 12.6. The molecule has 3 N–H and O–H groups in total. The number of nitrogens with two attached hydrogens (primary N) is 1. The molecule has 0 aliphatic carbocycles. The van der Waals surface area contributed by atoms with Gasteiger partial charge in [-0.15, -0.1) is 0 Å². The van der Waals surface area contributed by atoms with E-state index in [0.717, 1.165) is 24.8 Å². The zero-order valence-electron chi connectivity index (χ0n) is 7.70. The molecule has 11 heavy (non-hydrogen) atoms. The lowest BCUT2D eigenvalue weighted by atomic mass is 10.0. The molecule has 0 unspecified atom stereocenters. The summed E-state index contributed by atoms with van der Waals surface area (Å²) in [4.78, 5) is 0. The Balaban J connectivity index is 4.40. The second-order valence-corrected chi connectivity index (χ2v) is 2.78. The van der Waals surface area contributed by atoms with Gasteiger partial charge in [-0.2, -0.15) is 0 Å². The first-order chi connectivity index (χ1) is 5.13. The highest BCUT2D eigenvalue weighted by Gasteiger charge is 2.01. The summed E-state index contributed by atoms with van der Waals surface area (Å²) in [5.41, 5.74) is 7.69. The molecule has 2 nitrogen and oxygen atoms in total. The topological polar surface area (TPSA) is 49.9 Å². The van der Waals surface area contributed by atoms with Gasteiger partial charge in [0.05, 0.1) is 0 Å². The first kappa shape index (κ1) is 10.2. The molecule has 0 aliphatic rings. The summed E-state index contributed by atoms with van der Waals surface area (Å²) in [7, 11) is 0. The van der Waals surface area contributed by atoms with E-state index in [1.807, 2.05) is 6.92 Å². The third-order valence-corrected chi connectivity index (χ3v) is 1.82. The van der Waals surface area contributed by atoms with E-state index in [9.17, 15) is 0 Å². The first-order valence-corrected chi connectivity index (χ1v) is 4.16. The molecule has 0 aliphatic heterocycles. The number of amidine groups is 1. The van der Waals surface area contributed by atoms with Gasteiger partial charge in [0.25, 0.3) is 0 Å². The highest BCUT2D eigenvalue weighted by Crippen LogP contribution is 2.12. The minimum absolute atomic E-state index is 0.235.